The van der Waals surface area contributed by atoms with Crippen LogP contribution in [0.3, 0.4) is 0 Å². The highest BCUT2D eigenvalue weighted by Gasteiger charge is 2.12. The summed E-state index contributed by atoms with van der Waals surface area (Å²) in [6, 6.07) is 6.84. The number of amides is 1. The Labute approximate surface area is 112 Å². The summed E-state index contributed by atoms with van der Waals surface area (Å²) in [4.78, 5) is 13.0. The number of rotatable bonds is 5. The van der Waals surface area contributed by atoms with Crippen molar-refractivity contribution in [1.82, 2.24) is 4.72 Å². The van der Waals surface area contributed by atoms with E-state index in [4.69, 9.17) is 11.6 Å². The summed E-state index contributed by atoms with van der Waals surface area (Å²) in [7, 11) is -3.25. The molecule has 1 aromatic rings. The number of anilines is 1. The molecule has 1 amide bonds. The molecular formula is C11H15ClN2O3S. The van der Waals surface area contributed by atoms with Gasteiger partial charge < -0.3 is 4.90 Å². The van der Waals surface area contributed by atoms with Gasteiger partial charge in [-0.15, -0.1) is 0 Å². The highest BCUT2D eigenvalue weighted by atomic mass is 35.5. The molecule has 0 radical (unpaired) electrons. The van der Waals surface area contributed by atoms with Crippen LogP contribution in [0.4, 0.5) is 5.69 Å². The molecule has 0 atom stereocenters. The summed E-state index contributed by atoms with van der Waals surface area (Å²) in [5, 5.41) is 0.523. The first-order valence-corrected chi connectivity index (χ1v) is 7.55. The predicted molar refractivity (Wildman–Crippen MR) is 72.3 cm³/mol. The molecule has 5 nitrogen and oxygen atoms in total. The molecule has 0 fully saturated rings. The Bertz CT molecular complexity index is 531. The van der Waals surface area contributed by atoms with E-state index in [0.717, 1.165) is 6.26 Å². The largest absolute Gasteiger partial charge is 0.311 e. The number of nitrogens with zero attached hydrogens (tertiary/aromatic N) is 1. The second kappa shape index (κ2) is 6.17. The number of carbonyl (C=O) groups excluding carboxylic acids is 1. The minimum atomic E-state index is -3.25. The summed E-state index contributed by atoms with van der Waals surface area (Å²) in [6.45, 7) is 1.83. The summed E-state index contributed by atoms with van der Waals surface area (Å²) in [5.74, 6) is -0.174. The maximum atomic E-state index is 11.5. The van der Waals surface area contributed by atoms with E-state index in [0.29, 0.717) is 10.7 Å². The van der Waals surface area contributed by atoms with E-state index >= 15 is 0 Å². The van der Waals surface area contributed by atoms with Crippen molar-refractivity contribution in [1.29, 1.82) is 0 Å². The number of benzene rings is 1. The van der Waals surface area contributed by atoms with Crippen molar-refractivity contribution in [3.63, 3.8) is 0 Å². The van der Waals surface area contributed by atoms with Crippen LogP contribution in [0, 0.1) is 0 Å². The third-order valence-corrected chi connectivity index (χ3v) is 3.16. The normalized spacial score (nSPS) is 11.3. The van der Waals surface area contributed by atoms with Gasteiger partial charge in [0.05, 0.1) is 6.26 Å². The number of halogens is 1. The molecule has 0 saturated carbocycles. The second-order valence-corrected chi connectivity index (χ2v) is 6.09. The van der Waals surface area contributed by atoms with Crippen molar-refractivity contribution < 1.29 is 13.2 Å². The highest BCUT2D eigenvalue weighted by molar-refractivity contribution is 7.88. The van der Waals surface area contributed by atoms with Crippen LogP contribution in [-0.2, 0) is 14.8 Å². The highest BCUT2D eigenvalue weighted by Crippen LogP contribution is 2.19. The third-order valence-electron chi connectivity index (χ3n) is 2.20. The van der Waals surface area contributed by atoms with E-state index in [1.807, 2.05) is 0 Å². The van der Waals surface area contributed by atoms with Gasteiger partial charge in [0, 0.05) is 30.7 Å². The topological polar surface area (TPSA) is 66.5 Å². The zero-order chi connectivity index (χ0) is 13.8. The Morgan fingerprint density at radius 2 is 2.11 bits per heavy atom. The fourth-order valence-corrected chi connectivity index (χ4v) is 2.10. The minimum Gasteiger partial charge on any atom is -0.311 e. The molecule has 0 heterocycles. The van der Waals surface area contributed by atoms with E-state index in [-0.39, 0.29) is 19.0 Å². The molecule has 0 aliphatic heterocycles. The molecular weight excluding hydrogens is 276 g/mol. The van der Waals surface area contributed by atoms with Gasteiger partial charge in [-0.25, -0.2) is 13.1 Å². The van der Waals surface area contributed by atoms with E-state index in [9.17, 15) is 13.2 Å². The van der Waals surface area contributed by atoms with Crippen molar-refractivity contribution >= 4 is 33.2 Å². The van der Waals surface area contributed by atoms with Crippen LogP contribution in [-0.4, -0.2) is 33.7 Å². The van der Waals surface area contributed by atoms with Crippen molar-refractivity contribution in [3.05, 3.63) is 29.3 Å². The molecule has 0 aliphatic rings. The Hall–Kier alpha value is -1.11. The van der Waals surface area contributed by atoms with Gasteiger partial charge in [0.25, 0.3) is 0 Å². The lowest BCUT2D eigenvalue weighted by Crippen LogP contribution is -2.37. The van der Waals surface area contributed by atoms with Crippen LogP contribution in [0.25, 0.3) is 0 Å². The first kappa shape index (κ1) is 14.9. The number of sulfonamides is 1. The Morgan fingerprint density at radius 1 is 1.44 bits per heavy atom. The number of hydrogen-bond acceptors (Lipinski definition) is 3. The van der Waals surface area contributed by atoms with Crippen molar-refractivity contribution in [2.75, 3.05) is 24.2 Å². The maximum absolute atomic E-state index is 11.5. The van der Waals surface area contributed by atoms with Crippen LogP contribution in [0.2, 0.25) is 5.02 Å². The van der Waals surface area contributed by atoms with Gasteiger partial charge in [0.15, 0.2) is 0 Å². The molecule has 7 heteroatoms. The summed E-state index contributed by atoms with van der Waals surface area (Å²) >= 11 is 5.85. The zero-order valence-electron chi connectivity index (χ0n) is 10.2. The van der Waals surface area contributed by atoms with E-state index in [2.05, 4.69) is 4.72 Å². The maximum Gasteiger partial charge on any atom is 0.223 e. The Kier molecular flexibility index (Phi) is 5.13. The zero-order valence-corrected chi connectivity index (χ0v) is 11.8. The van der Waals surface area contributed by atoms with Gasteiger partial charge in [-0.3, -0.25) is 4.79 Å². The molecule has 0 bridgehead atoms. The second-order valence-electron chi connectivity index (χ2n) is 3.82. The molecule has 0 saturated heterocycles. The van der Waals surface area contributed by atoms with Crippen LogP contribution in [0.15, 0.2) is 24.3 Å². The first-order chi connectivity index (χ1) is 8.29. The quantitative estimate of drug-likeness (QED) is 0.887. The Balaban J connectivity index is 2.75. The molecule has 1 N–H and O–H groups in total. The van der Waals surface area contributed by atoms with E-state index < -0.39 is 10.0 Å². The molecule has 1 aromatic carbocycles. The van der Waals surface area contributed by atoms with Crippen molar-refractivity contribution in [3.8, 4) is 0 Å². The molecule has 1 rings (SSSR count). The lowest BCUT2D eigenvalue weighted by Gasteiger charge is -2.21. The SMILES string of the molecule is CC(=O)N(CCNS(C)(=O)=O)c1cccc(Cl)c1. The van der Waals surface area contributed by atoms with Crippen LogP contribution in [0.5, 0.6) is 0 Å². The number of hydrogen-bond donors (Lipinski definition) is 1. The molecule has 100 valence electrons. The average molecular weight is 291 g/mol. The summed E-state index contributed by atoms with van der Waals surface area (Å²) in [6.07, 6.45) is 1.07. The average Bonchev–Trinajstić information content (AvgIpc) is 2.22. The number of carbonyl (C=O) groups is 1. The van der Waals surface area contributed by atoms with Gasteiger partial charge in [-0.05, 0) is 18.2 Å². The van der Waals surface area contributed by atoms with Crippen LogP contribution in [0.1, 0.15) is 6.92 Å². The van der Waals surface area contributed by atoms with Gasteiger partial charge in [-0.2, -0.15) is 0 Å². The standard InChI is InChI=1S/C11H15ClN2O3S/c1-9(15)14(7-6-13-18(2,16)17)11-5-3-4-10(12)8-11/h3-5,8,13H,6-7H2,1-2H3. The number of nitrogens with one attached hydrogen (secondary N) is 1. The minimum absolute atomic E-state index is 0.158. The molecule has 0 aromatic heterocycles. The monoisotopic (exact) mass is 290 g/mol. The third kappa shape index (κ3) is 5.03. The smallest absolute Gasteiger partial charge is 0.223 e. The fourth-order valence-electron chi connectivity index (χ4n) is 1.46. The summed E-state index contributed by atoms with van der Waals surface area (Å²) in [5.41, 5.74) is 0.644. The lowest BCUT2D eigenvalue weighted by atomic mass is 10.3. The van der Waals surface area contributed by atoms with Crippen LogP contribution < -0.4 is 9.62 Å². The van der Waals surface area contributed by atoms with Gasteiger partial charge >= 0.3 is 0 Å². The first-order valence-electron chi connectivity index (χ1n) is 5.28. The lowest BCUT2D eigenvalue weighted by molar-refractivity contribution is -0.116. The van der Waals surface area contributed by atoms with E-state index in [1.54, 1.807) is 24.3 Å². The Morgan fingerprint density at radius 3 is 2.61 bits per heavy atom. The van der Waals surface area contributed by atoms with Crippen molar-refractivity contribution in [2.24, 2.45) is 0 Å². The molecule has 0 spiro atoms. The predicted octanol–water partition coefficient (Wildman–Crippen LogP) is 1.24. The van der Waals surface area contributed by atoms with Gasteiger partial charge in [0.2, 0.25) is 15.9 Å². The van der Waals surface area contributed by atoms with E-state index in [1.165, 1.54) is 11.8 Å². The summed E-state index contributed by atoms with van der Waals surface area (Å²) < 4.78 is 24.2. The van der Waals surface area contributed by atoms with Gasteiger partial charge in [-0.1, -0.05) is 17.7 Å². The molecule has 18 heavy (non-hydrogen) atoms. The van der Waals surface area contributed by atoms with Gasteiger partial charge in [0.1, 0.15) is 0 Å². The molecule has 0 aliphatic carbocycles. The fraction of sp³-hybridized carbons (Fsp3) is 0.364. The van der Waals surface area contributed by atoms with Crippen molar-refractivity contribution in [2.45, 2.75) is 6.92 Å². The van der Waals surface area contributed by atoms with Crippen LogP contribution >= 0.6 is 11.6 Å². The molecule has 0 unspecified atom stereocenters.